The maximum atomic E-state index is 4.74. The molecule has 2 aliphatic rings. The van der Waals surface area contributed by atoms with Crippen LogP contribution in [0.3, 0.4) is 0 Å². The first-order valence-corrected chi connectivity index (χ1v) is 7.91. The summed E-state index contributed by atoms with van der Waals surface area (Å²) < 4.78 is 3.59. The first-order chi connectivity index (χ1) is 12.3. The van der Waals surface area contributed by atoms with E-state index in [-0.39, 0.29) is 6.17 Å². The Balaban J connectivity index is 1.43. The van der Waals surface area contributed by atoms with Crippen LogP contribution in [0, 0.1) is 0 Å². The number of hydrogen-bond donors (Lipinski definition) is 1. The van der Waals surface area contributed by atoms with Gasteiger partial charge in [0.25, 0.3) is 0 Å². The van der Waals surface area contributed by atoms with Gasteiger partial charge in [0.2, 0.25) is 6.17 Å². The van der Waals surface area contributed by atoms with Gasteiger partial charge in [-0.05, 0) is 23.8 Å². The van der Waals surface area contributed by atoms with Crippen LogP contribution in [0.25, 0.3) is 11.2 Å². The second kappa shape index (κ2) is 5.26. The van der Waals surface area contributed by atoms with E-state index in [4.69, 9.17) is 4.99 Å². The number of nitrogens with one attached hydrogen (secondary N) is 1. The lowest BCUT2D eigenvalue weighted by Crippen LogP contribution is -2.38. The van der Waals surface area contributed by atoms with Crippen LogP contribution in [0.2, 0.25) is 0 Å². The summed E-state index contributed by atoms with van der Waals surface area (Å²) in [5.41, 5.74) is 3.94. The third-order valence-electron chi connectivity index (χ3n) is 4.19. The SMILES string of the molecule is Cn1cc(C2=CNC3N=NN(Cc4ccn5nccc5c4)C3=N2)cn1. The predicted octanol–water partition coefficient (Wildman–Crippen LogP) is 1.58. The molecule has 2 aliphatic heterocycles. The van der Waals surface area contributed by atoms with Crippen LogP contribution >= 0.6 is 0 Å². The number of aryl methyl sites for hydroxylation is 1. The second-order valence-corrected chi connectivity index (χ2v) is 5.97. The lowest BCUT2D eigenvalue weighted by molar-refractivity contribution is 0.432. The maximum Gasteiger partial charge on any atom is 0.201 e. The van der Waals surface area contributed by atoms with Crippen LogP contribution in [0.1, 0.15) is 11.1 Å². The second-order valence-electron chi connectivity index (χ2n) is 5.97. The molecule has 0 fully saturated rings. The highest BCUT2D eigenvalue weighted by Crippen LogP contribution is 2.24. The first-order valence-electron chi connectivity index (χ1n) is 7.91. The lowest BCUT2D eigenvalue weighted by atomic mass is 10.2. The Morgan fingerprint density at radius 1 is 1.24 bits per heavy atom. The fraction of sp³-hybridized carbons (Fsp3) is 0.188. The molecule has 124 valence electrons. The Morgan fingerprint density at radius 3 is 3.08 bits per heavy atom. The highest BCUT2D eigenvalue weighted by atomic mass is 15.6. The summed E-state index contributed by atoms with van der Waals surface area (Å²) in [7, 11) is 1.88. The molecule has 3 aromatic heterocycles. The van der Waals surface area contributed by atoms with Gasteiger partial charge in [-0.15, -0.1) is 5.11 Å². The fourth-order valence-electron chi connectivity index (χ4n) is 2.95. The summed E-state index contributed by atoms with van der Waals surface area (Å²) in [6.07, 6.45) is 9.06. The summed E-state index contributed by atoms with van der Waals surface area (Å²) in [4.78, 5) is 4.74. The molecule has 0 radical (unpaired) electrons. The van der Waals surface area contributed by atoms with Crippen molar-refractivity contribution in [3.8, 4) is 0 Å². The molecule has 1 unspecified atom stereocenters. The quantitative estimate of drug-likeness (QED) is 0.788. The van der Waals surface area contributed by atoms with Gasteiger partial charge in [0.05, 0.1) is 24.0 Å². The number of aromatic nitrogens is 4. The molecule has 25 heavy (non-hydrogen) atoms. The van der Waals surface area contributed by atoms with E-state index >= 15 is 0 Å². The van der Waals surface area contributed by atoms with Gasteiger partial charge < -0.3 is 5.32 Å². The van der Waals surface area contributed by atoms with E-state index < -0.39 is 0 Å². The smallest absolute Gasteiger partial charge is 0.201 e. The van der Waals surface area contributed by atoms with Gasteiger partial charge in [-0.1, -0.05) is 5.22 Å². The summed E-state index contributed by atoms with van der Waals surface area (Å²) in [5.74, 6) is 0.787. The van der Waals surface area contributed by atoms with Crippen molar-refractivity contribution < 1.29 is 0 Å². The number of hydrogen-bond acceptors (Lipinski definition) is 7. The van der Waals surface area contributed by atoms with Gasteiger partial charge in [0.15, 0.2) is 5.84 Å². The van der Waals surface area contributed by atoms with Crippen LogP contribution < -0.4 is 5.32 Å². The number of nitrogens with zero attached hydrogens (tertiary/aromatic N) is 8. The Hall–Kier alpha value is -3.49. The van der Waals surface area contributed by atoms with E-state index in [9.17, 15) is 0 Å². The van der Waals surface area contributed by atoms with E-state index in [0.29, 0.717) is 6.54 Å². The molecule has 5 rings (SSSR count). The minimum absolute atomic E-state index is 0.237. The van der Waals surface area contributed by atoms with Crippen molar-refractivity contribution in [2.45, 2.75) is 12.7 Å². The zero-order chi connectivity index (χ0) is 16.8. The van der Waals surface area contributed by atoms with E-state index in [2.05, 4.69) is 31.9 Å². The Labute approximate surface area is 143 Å². The first kappa shape index (κ1) is 13.9. The minimum atomic E-state index is -0.237. The predicted molar refractivity (Wildman–Crippen MR) is 91.1 cm³/mol. The van der Waals surface area contributed by atoms with Gasteiger partial charge in [0.1, 0.15) is 0 Å². The van der Waals surface area contributed by atoms with Gasteiger partial charge in [-0.25, -0.2) is 14.5 Å². The van der Waals surface area contributed by atoms with Gasteiger partial charge in [-0.3, -0.25) is 4.68 Å². The molecule has 0 aliphatic carbocycles. The standard InChI is InChI=1S/C16H15N9/c1-23-10-12(7-19-23)14-8-17-15-16(20-14)25(22-21-15)9-11-3-5-24-13(6-11)2-4-18-24/h2-8,10,15,17H,9H2,1H3. The zero-order valence-electron chi connectivity index (χ0n) is 13.5. The van der Waals surface area contributed by atoms with Crippen LogP contribution in [0.4, 0.5) is 0 Å². The van der Waals surface area contributed by atoms with Crippen molar-refractivity contribution in [3.05, 3.63) is 60.3 Å². The van der Waals surface area contributed by atoms with Crippen molar-refractivity contribution in [1.29, 1.82) is 0 Å². The van der Waals surface area contributed by atoms with Crippen LogP contribution in [-0.4, -0.2) is 36.4 Å². The molecule has 9 heteroatoms. The molecule has 0 bridgehead atoms. The molecule has 0 saturated heterocycles. The van der Waals surface area contributed by atoms with Crippen molar-refractivity contribution in [1.82, 2.24) is 29.7 Å². The third-order valence-corrected chi connectivity index (χ3v) is 4.19. The van der Waals surface area contributed by atoms with Crippen LogP contribution in [0.15, 0.2) is 64.5 Å². The number of fused-ring (bicyclic) bond motifs is 2. The largest absolute Gasteiger partial charge is 0.360 e. The summed E-state index contributed by atoms with van der Waals surface area (Å²) in [6, 6.07) is 6.09. The average Bonchev–Trinajstić information content (AvgIpc) is 3.34. The van der Waals surface area contributed by atoms with Crippen molar-refractivity contribution in [2.75, 3.05) is 0 Å². The lowest BCUT2D eigenvalue weighted by Gasteiger charge is -2.20. The molecular weight excluding hydrogens is 318 g/mol. The number of amidine groups is 1. The van der Waals surface area contributed by atoms with Crippen molar-refractivity contribution in [2.24, 2.45) is 22.4 Å². The van der Waals surface area contributed by atoms with Crippen LogP contribution in [-0.2, 0) is 13.6 Å². The highest BCUT2D eigenvalue weighted by Gasteiger charge is 2.30. The molecule has 0 spiro atoms. The topological polar surface area (TPSA) is 87.5 Å². The molecule has 3 aromatic rings. The average molecular weight is 333 g/mol. The summed E-state index contributed by atoms with van der Waals surface area (Å²) >= 11 is 0. The molecule has 0 aromatic carbocycles. The molecule has 0 amide bonds. The fourth-order valence-corrected chi connectivity index (χ4v) is 2.95. The summed E-state index contributed by atoms with van der Waals surface area (Å²) in [6.45, 7) is 0.600. The molecule has 5 heterocycles. The van der Waals surface area contributed by atoms with E-state index in [0.717, 1.165) is 28.2 Å². The van der Waals surface area contributed by atoms with Crippen molar-refractivity contribution in [3.63, 3.8) is 0 Å². The number of rotatable bonds is 3. The molecular formula is C16H15N9. The van der Waals surface area contributed by atoms with Gasteiger partial charge in [0, 0.05) is 37.4 Å². The Kier molecular flexibility index (Phi) is 2.93. The Bertz CT molecular complexity index is 1040. The number of aliphatic imine (C=N–C) groups is 1. The normalized spacial score (nSPS) is 18.9. The Morgan fingerprint density at radius 2 is 2.20 bits per heavy atom. The molecule has 9 nitrogen and oxygen atoms in total. The molecule has 1 N–H and O–H groups in total. The van der Waals surface area contributed by atoms with Crippen LogP contribution in [0.5, 0.6) is 0 Å². The van der Waals surface area contributed by atoms with Gasteiger partial charge in [-0.2, -0.15) is 10.2 Å². The minimum Gasteiger partial charge on any atom is -0.360 e. The summed E-state index contributed by atoms with van der Waals surface area (Å²) in [5, 5.41) is 22.0. The highest BCUT2D eigenvalue weighted by molar-refractivity contribution is 5.94. The van der Waals surface area contributed by atoms with E-state index in [1.165, 1.54) is 0 Å². The monoisotopic (exact) mass is 333 g/mol. The van der Waals surface area contributed by atoms with E-state index in [1.807, 2.05) is 47.3 Å². The third kappa shape index (κ3) is 2.36. The molecule has 1 atom stereocenters. The zero-order valence-corrected chi connectivity index (χ0v) is 13.5. The maximum absolute atomic E-state index is 4.74. The molecule has 0 saturated carbocycles. The number of pyridine rings is 1. The van der Waals surface area contributed by atoms with E-state index in [1.54, 1.807) is 17.1 Å². The van der Waals surface area contributed by atoms with Crippen molar-refractivity contribution >= 4 is 17.0 Å². The van der Waals surface area contributed by atoms with Gasteiger partial charge >= 0.3 is 0 Å².